The number of hydrogen-bond acceptors (Lipinski definition) is 4. The number of rotatable bonds is 6. The minimum atomic E-state index is -0.236. The van der Waals surface area contributed by atoms with Crippen LogP contribution in [-0.4, -0.2) is 25.3 Å². The molecule has 0 heterocycles. The summed E-state index contributed by atoms with van der Waals surface area (Å²) in [5.41, 5.74) is 4.03. The van der Waals surface area contributed by atoms with Crippen molar-refractivity contribution in [1.82, 2.24) is 5.43 Å². The van der Waals surface area contributed by atoms with Crippen LogP contribution in [0.5, 0.6) is 11.5 Å². The van der Waals surface area contributed by atoms with Gasteiger partial charge in [0, 0.05) is 11.1 Å². The first-order chi connectivity index (χ1) is 12.6. The number of nitrogens with one attached hydrogen (secondary N) is 1. The molecule has 0 aromatic heterocycles. The van der Waals surface area contributed by atoms with Crippen LogP contribution >= 0.6 is 0 Å². The van der Waals surface area contributed by atoms with Crippen LogP contribution in [0, 0.1) is 23.2 Å². The molecule has 26 heavy (non-hydrogen) atoms. The first-order valence-corrected chi connectivity index (χ1v) is 9.67. The second kappa shape index (κ2) is 6.93. The van der Waals surface area contributed by atoms with Gasteiger partial charge in [0.15, 0.2) is 18.1 Å². The van der Waals surface area contributed by atoms with E-state index in [-0.39, 0.29) is 17.9 Å². The minimum absolute atomic E-state index is 0.0714. The van der Waals surface area contributed by atoms with Crippen molar-refractivity contribution in [2.45, 2.75) is 45.4 Å². The summed E-state index contributed by atoms with van der Waals surface area (Å²) in [5, 5.41) is 4.47. The lowest BCUT2D eigenvalue weighted by molar-refractivity contribution is -0.123. The summed E-state index contributed by atoms with van der Waals surface area (Å²) < 4.78 is 10.8. The maximum atomic E-state index is 12.2. The summed E-state index contributed by atoms with van der Waals surface area (Å²) in [7, 11) is 1.58. The van der Waals surface area contributed by atoms with E-state index in [0.717, 1.165) is 23.5 Å². The van der Waals surface area contributed by atoms with Crippen LogP contribution in [-0.2, 0) is 4.79 Å². The lowest BCUT2D eigenvalue weighted by atomic mass is 9.48. The highest BCUT2D eigenvalue weighted by molar-refractivity contribution is 5.90. The molecule has 5 rings (SSSR count). The van der Waals surface area contributed by atoms with E-state index in [0.29, 0.717) is 11.5 Å². The van der Waals surface area contributed by atoms with E-state index in [2.05, 4.69) is 17.5 Å². The quantitative estimate of drug-likeness (QED) is 0.623. The largest absolute Gasteiger partial charge is 0.493 e. The Kier molecular flexibility index (Phi) is 4.63. The Labute approximate surface area is 155 Å². The minimum Gasteiger partial charge on any atom is -0.493 e. The van der Waals surface area contributed by atoms with Crippen molar-refractivity contribution < 1.29 is 14.3 Å². The predicted octanol–water partition coefficient (Wildman–Crippen LogP) is 3.78. The van der Waals surface area contributed by atoms with Gasteiger partial charge in [0.1, 0.15) is 0 Å². The Morgan fingerprint density at radius 2 is 1.69 bits per heavy atom. The number of ether oxygens (including phenoxy) is 2. The lowest BCUT2D eigenvalue weighted by Crippen LogP contribution is -2.49. The van der Waals surface area contributed by atoms with E-state index in [1.807, 2.05) is 18.2 Å². The van der Waals surface area contributed by atoms with Gasteiger partial charge in [0.2, 0.25) is 0 Å². The number of benzene rings is 1. The van der Waals surface area contributed by atoms with E-state index in [9.17, 15) is 4.79 Å². The van der Waals surface area contributed by atoms with Crippen molar-refractivity contribution in [2.75, 3.05) is 13.7 Å². The zero-order chi connectivity index (χ0) is 18.1. The number of amides is 1. The fourth-order valence-electron chi connectivity index (χ4n) is 5.73. The Bertz CT molecular complexity index is 678. The topological polar surface area (TPSA) is 59.9 Å². The van der Waals surface area contributed by atoms with Crippen LogP contribution < -0.4 is 14.9 Å². The molecular weight excluding hydrogens is 328 g/mol. The molecule has 4 fully saturated rings. The van der Waals surface area contributed by atoms with Gasteiger partial charge in [-0.2, -0.15) is 5.10 Å². The molecule has 4 aliphatic rings. The summed E-state index contributed by atoms with van der Waals surface area (Å²) in [5.74, 6) is 3.56. The van der Waals surface area contributed by atoms with Crippen LogP contribution in [0.25, 0.3) is 0 Å². The van der Waals surface area contributed by atoms with Gasteiger partial charge in [-0.05, 0) is 75.3 Å². The highest BCUT2D eigenvalue weighted by atomic mass is 16.5. The monoisotopic (exact) mass is 356 g/mol. The predicted molar refractivity (Wildman–Crippen MR) is 100 cm³/mol. The van der Waals surface area contributed by atoms with Crippen LogP contribution in [0.3, 0.4) is 0 Å². The van der Waals surface area contributed by atoms with Crippen molar-refractivity contribution in [3.63, 3.8) is 0 Å². The standard InChI is InChI=1S/C21H28N2O3/c1-14(21-10-15-7-16(11-21)9-17(8-15)12-21)22-23-20(24)13-26-19-6-4-3-5-18(19)25-2/h3-6,15-17H,7-13H2,1-2H3,(H,23,24)/b22-14-. The molecule has 4 saturated carbocycles. The third kappa shape index (κ3) is 3.31. The molecule has 0 radical (unpaired) electrons. The first-order valence-electron chi connectivity index (χ1n) is 9.67. The third-order valence-electron chi connectivity index (χ3n) is 6.58. The van der Waals surface area contributed by atoms with Gasteiger partial charge < -0.3 is 9.47 Å². The van der Waals surface area contributed by atoms with Gasteiger partial charge in [-0.15, -0.1) is 0 Å². The number of para-hydroxylation sites is 2. The smallest absolute Gasteiger partial charge is 0.277 e. The summed E-state index contributed by atoms with van der Waals surface area (Å²) in [6.07, 6.45) is 7.98. The van der Waals surface area contributed by atoms with Crippen LogP contribution in [0.15, 0.2) is 29.4 Å². The maximum absolute atomic E-state index is 12.2. The van der Waals surface area contributed by atoms with Gasteiger partial charge >= 0.3 is 0 Å². The summed E-state index contributed by atoms with van der Waals surface area (Å²) in [6.45, 7) is 2.02. The third-order valence-corrected chi connectivity index (χ3v) is 6.58. The van der Waals surface area contributed by atoms with Gasteiger partial charge in [-0.25, -0.2) is 5.43 Å². The maximum Gasteiger partial charge on any atom is 0.277 e. The van der Waals surface area contributed by atoms with Crippen LogP contribution in [0.4, 0.5) is 0 Å². The molecule has 1 aromatic carbocycles. The van der Waals surface area contributed by atoms with Crippen molar-refractivity contribution in [1.29, 1.82) is 0 Å². The Morgan fingerprint density at radius 3 is 2.27 bits per heavy atom. The Morgan fingerprint density at radius 1 is 1.12 bits per heavy atom. The lowest BCUT2D eigenvalue weighted by Gasteiger charge is -2.56. The number of hydrogen-bond donors (Lipinski definition) is 1. The van der Waals surface area contributed by atoms with E-state index in [1.54, 1.807) is 13.2 Å². The van der Waals surface area contributed by atoms with E-state index in [4.69, 9.17) is 9.47 Å². The molecule has 0 spiro atoms. The number of carbonyl (C=O) groups excluding carboxylic acids is 1. The molecule has 1 N–H and O–H groups in total. The normalized spacial score (nSPS) is 32.4. The zero-order valence-electron chi connectivity index (χ0n) is 15.7. The molecule has 0 aliphatic heterocycles. The second-order valence-corrected chi connectivity index (χ2v) is 8.37. The number of hydrazone groups is 1. The van der Waals surface area contributed by atoms with Gasteiger partial charge in [0.25, 0.3) is 5.91 Å². The van der Waals surface area contributed by atoms with E-state index < -0.39 is 0 Å². The molecule has 140 valence electrons. The fourth-order valence-corrected chi connectivity index (χ4v) is 5.73. The Hall–Kier alpha value is -2.04. The average Bonchev–Trinajstić information content (AvgIpc) is 2.63. The van der Waals surface area contributed by atoms with E-state index in [1.165, 1.54) is 38.5 Å². The molecule has 0 saturated heterocycles. The molecule has 0 atom stereocenters. The molecule has 4 aliphatic carbocycles. The SMILES string of the molecule is COc1ccccc1OCC(=O)N/N=C(/C)C12CC3CC(CC(C3)C1)C2. The van der Waals surface area contributed by atoms with Crippen LogP contribution in [0.2, 0.25) is 0 Å². The summed E-state index contributed by atoms with van der Waals surface area (Å²) >= 11 is 0. The molecule has 1 amide bonds. The molecule has 1 aromatic rings. The Balaban J connectivity index is 1.35. The molecular formula is C21H28N2O3. The van der Waals surface area contributed by atoms with Crippen molar-refractivity contribution in [3.8, 4) is 11.5 Å². The summed E-state index contributed by atoms with van der Waals surface area (Å²) in [4.78, 5) is 12.2. The average molecular weight is 356 g/mol. The highest BCUT2D eigenvalue weighted by Gasteiger charge is 2.52. The van der Waals surface area contributed by atoms with Gasteiger partial charge in [-0.3, -0.25) is 4.79 Å². The van der Waals surface area contributed by atoms with Gasteiger partial charge in [-0.1, -0.05) is 12.1 Å². The van der Waals surface area contributed by atoms with Crippen molar-refractivity contribution >= 4 is 11.6 Å². The highest BCUT2D eigenvalue weighted by Crippen LogP contribution is 2.60. The van der Waals surface area contributed by atoms with Crippen LogP contribution in [0.1, 0.15) is 45.4 Å². The second-order valence-electron chi connectivity index (χ2n) is 8.37. The fraction of sp³-hybridized carbons (Fsp3) is 0.619. The molecule has 4 bridgehead atoms. The summed E-state index contributed by atoms with van der Waals surface area (Å²) in [6, 6.07) is 7.31. The number of nitrogens with zero attached hydrogens (tertiary/aromatic N) is 1. The van der Waals surface area contributed by atoms with Crippen molar-refractivity contribution in [3.05, 3.63) is 24.3 Å². The number of methoxy groups -OCH3 is 1. The van der Waals surface area contributed by atoms with E-state index >= 15 is 0 Å². The molecule has 5 heteroatoms. The zero-order valence-corrected chi connectivity index (χ0v) is 15.7. The number of carbonyl (C=O) groups is 1. The molecule has 0 unspecified atom stereocenters. The first kappa shape index (κ1) is 17.4. The van der Waals surface area contributed by atoms with Crippen molar-refractivity contribution in [2.24, 2.45) is 28.3 Å². The van der Waals surface area contributed by atoms with Gasteiger partial charge in [0.05, 0.1) is 7.11 Å². The molecule has 5 nitrogen and oxygen atoms in total.